The van der Waals surface area contributed by atoms with Crippen LogP contribution in [0.4, 0.5) is 0 Å². The number of hydrogen-bond acceptors (Lipinski definition) is 3. The summed E-state index contributed by atoms with van der Waals surface area (Å²) in [5, 5.41) is 3.48. The number of hydrogen-bond donors (Lipinski definition) is 2. The Bertz CT molecular complexity index is 634. The van der Waals surface area contributed by atoms with Gasteiger partial charge in [0.2, 0.25) is 5.91 Å². The Balaban J connectivity index is 1.89. The summed E-state index contributed by atoms with van der Waals surface area (Å²) in [7, 11) is 1.60. The molecular weight excluding hydrogens is 312 g/mol. The maximum Gasteiger partial charge on any atom is 0.237 e. The Hall–Kier alpha value is -1.88. The molecule has 0 radical (unpaired) electrons. The number of rotatable bonds is 7. The first kappa shape index (κ1) is 17.5. The van der Waals surface area contributed by atoms with Crippen LogP contribution in [0.25, 0.3) is 0 Å². The zero-order chi connectivity index (χ0) is 16.7. The summed E-state index contributed by atoms with van der Waals surface area (Å²) in [4.78, 5) is 12.1. The van der Waals surface area contributed by atoms with E-state index in [9.17, 15) is 4.79 Å². The third-order valence-corrected chi connectivity index (χ3v) is 3.84. The Kier molecular flexibility index (Phi) is 6.59. The van der Waals surface area contributed by atoms with Crippen LogP contribution in [-0.2, 0) is 16.0 Å². The average Bonchev–Trinajstić information content (AvgIpc) is 2.56. The number of halogens is 1. The van der Waals surface area contributed by atoms with E-state index in [2.05, 4.69) is 5.32 Å². The summed E-state index contributed by atoms with van der Waals surface area (Å²) >= 11 is 5.99. The highest BCUT2D eigenvalue weighted by Crippen LogP contribution is 2.19. The highest BCUT2D eigenvalue weighted by molar-refractivity contribution is 6.30. The number of ether oxygens (including phenoxy) is 1. The van der Waals surface area contributed by atoms with Crippen molar-refractivity contribution in [2.45, 2.75) is 18.6 Å². The zero-order valence-corrected chi connectivity index (χ0v) is 13.8. The van der Waals surface area contributed by atoms with Gasteiger partial charge in [-0.2, -0.15) is 0 Å². The molecule has 122 valence electrons. The van der Waals surface area contributed by atoms with Gasteiger partial charge < -0.3 is 15.8 Å². The van der Waals surface area contributed by atoms with E-state index in [-0.39, 0.29) is 12.0 Å². The SMILES string of the molecule is COC(CNC(=O)[C@@H](N)Cc1ccccc1)c1cccc(Cl)c1. The van der Waals surface area contributed by atoms with Crippen molar-refractivity contribution in [2.75, 3.05) is 13.7 Å². The van der Waals surface area contributed by atoms with E-state index in [1.54, 1.807) is 13.2 Å². The normalized spacial score (nSPS) is 13.3. The van der Waals surface area contributed by atoms with Gasteiger partial charge >= 0.3 is 0 Å². The van der Waals surface area contributed by atoms with Crippen LogP contribution in [0.3, 0.4) is 0 Å². The summed E-state index contributed by atoms with van der Waals surface area (Å²) in [5.41, 5.74) is 7.92. The van der Waals surface area contributed by atoms with Crippen LogP contribution in [0.2, 0.25) is 5.02 Å². The van der Waals surface area contributed by atoms with Gasteiger partial charge in [-0.1, -0.05) is 54.1 Å². The van der Waals surface area contributed by atoms with Crippen molar-refractivity contribution in [3.8, 4) is 0 Å². The number of nitrogens with one attached hydrogen (secondary N) is 1. The molecule has 1 unspecified atom stereocenters. The molecule has 0 saturated carbocycles. The maximum absolute atomic E-state index is 12.1. The van der Waals surface area contributed by atoms with E-state index >= 15 is 0 Å². The minimum absolute atomic E-state index is 0.196. The summed E-state index contributed by atoms with van der Waals surface area (Å²) in [6, 6.07) is 16.5. The van der Waals surface area contributed by atoms with Crippen LogP contribution in [0.15, 0.2) is 54.6 Å². The number of benzene rings is 2. The van der Waals surface area contributed by atoms with Crippen molar-refractivity contribution in [3.63, 3.8) is 0 Å². The summed E-state index contributed by atoms with van der Waals surface area (Å²) < 4.78 is 5.43. The van der Waals surface area contributed by atoms with Gasteiger partial charge in [0.25, 0.3) is 0 Å². The Morgan fingerprint density at radius 2 is 1.96 bits per heavy atom. The largest absolute Gasteiger partial charge is 0.375 e. The molecule has 0 aliphatic heterocycles. The molecule has 1 amide bonds. The minimum Gasteiger partial charge on any atom is -0.375 e. The molecule has 0 fully saturated rings. The topological polar surface area (TPSA) is 64.3 Å². The Morgan fingerprint density at radius 3 is 2.61 bits per heavy atom. The predicted molar refractivity (Wildman–Crippen MR) is 92.3 cm³/mol. The minimum atomic E-state index is -0.589. The van der Waals surface area contributed by atoms with E-state index in [1.807, 2.05) is 48.5 Å². The van der Waals surface area contributed by atoms with E-state index in [1.165, 1.54) is 0 Å². The lowest BCUT2D eigenvalue weighted by Gasteiger charge is -2.18. The molecule has 2 aromatic carbocycles. The maximum atomic E-state index is 12.1. The van der Waals surface area contributed by atoms with Gasteiger partial charge in [-0.3, -0.25) is 4.79 Å². The molecule has 0 aromatic heterocycles. The number of amides is 1. The fourth-order valence-electron chi connectivity index (χ4n) is 2.33. The molecule has 0 spiro atoms. The van der Waals surface area contributed by atoms with Crippen molar-refractivity contribution in [1.29, 1.82) is 0 Å². The van der Waals surface area contributed by atoms with Crippen LogP contribution in [0, 0.1) is 0 Å². The molecule has 0 saturated heterocycles. The lowest BCUT2D eigenvalue weighted by atomic mass is 10.1. The second-order valence-electron chi connectivity index (χ2n) is 5.32. The lowest BCUT2D eigenvalue weighted by molar-refractivity contribution is -0.122. The zero-order valence-electron chi connectivity index (χ0n) is 13.0. The molecule has 0 aliphatic rings. The molecule has 0 bridgehead atoms. The van der Waals surface area contributed by atoms with E-state index in [0.29, 0.717) is 18.0 Å². The van der Waals surface area contributed by atoms with Gasteiger partial charge in [0.05, 0.1) is 12.1 Å². The van der Waals surface area contributed by atoms with E-state index in [0.717, 1.165) is 11.1 Å². The van der Waals surface area contributed by atoms with Crippen LogP contribution in [-0.4, -0.2) is 25.6 Å². The molecule has 4 nitrogen and oxygen atoms in total. The molecule has 0 heterocycles. The van der Waals surface area contributed by atoms with Crippen LogP contribution in [0.5, 0.6) is 0 Å². The Morgan fingerprint density at radius 1 is 1.22 bits per heavy atom. The van der Waals surface area contributed by atoms with Crippen molar-refractivity contribution in [2.24, 2.45) is 5.73 Å². The first-order valence-electron chi connectivity index (χ1n) is 7.45. The molecule has 2 rings (SSSR count). The van der Waals surface area contributed by atoms with Crippen molar-refractivity contribution < 1.29 is 9.53 Å². The van der Waals surface area contributed by atoms with Crippen molar-refractivity contribution in [3.05, 3.63) is 70.7 Å². The number of methoxy groups -OCH3 is 1. The molecule has 5 heteroatoms. The summed E-state index contributed by atoms with van der Waals surface area (Å²) in [6.45, 7) is 0.345. The second-order valence-corrected chi connectivity index (χ2v) is 5.76. The van der Waals surface area contributed by atoms with Gasteiger partial charge in [0.15, 0.2) is 0 Å². The monoisotopic (exact) mass is 332 g/mol. The van der Waals surface area contributed by atoms with Crippen molar-refractivity contribution >= 4 is 17.5 Å². The predicted octanol–water partition coefficient (Wildman–Crippen LogP) is 2.71. The molecule has 3 N–H and O–H groups in total. The van der Waals surface area contributed by atoms with Crippen LogP contribution in [0.1, 0.15) is 17.2 Å². The van der Waals surface area contributed by atoms with Crippen LogP contribution < -0.4 is 11.1 Å². The highest BCUT2D eigenvalue weighted by atomic mass is 35.5. The van der Waals surface area contributed by atoms with Gasteiger partial charge in [0.1, 0.15) is 0 Å². The summed E-state index contributed by atoms with van der Waals surface area (Å²) in [5.74, 6) is -0.196. The van der Waals surface area contributed by atoms with Gasteiger partial charge in [-0.05, 0) is 29.7 Å². The van der Waals surface area contributed by atoms with Gasteiger partial charge in [-0.25, -0.2) is 0 Å². The van der Waals surface area contributed by atoms with E-state index < -0.39 is 6.04 Å². The first-order valence-corrected chi connectivity index (χ1v) is 7.83. The van der Waals surface area contributed by atoms with Crippen LogP contribution >= 0.6 is 11.6 Å². The fraction of sp³-hybridized carbons (Fsp3) is 0.278. The Labute approximate surface area is 141 Å². The van der Waals surface area contributed by atoms with Gasteiger partial charge in [-0.15, -0.1) is 0 Å². The molecule has 2 atom stereocenters. The van der Waals surface area contributed by atoms with Crippen molar-refractivity contribution in [1.82, 2.24) is 5.32 Å². The lowest BCUT2D eigenvalue weighted by Crippen LogP contribution is -2.43. The fourth-order valence-corrected chi connectivity index (χ4v) is 2.53. The number of carbonyl (C=O) groups excluding carboxylic acids is 1. The molecule has 0 aliphatic carbocycles. The van der Waals surface area contributed by atoms with E-state index in [4.69, 9.17) is 22.1 Å². The molecular formula is C18H21ClN2O2. The number of carbonyl (C=O) groups is 1. The standard InChI is InChI=1S/C18H21ClN2O2/c1-23-17(14-8-5-9-15(19)11-14)12-21-18(22)16(20)10-13-6-3-2-4-7-13/h2-9,11,16-17H,10,12,20H2,1H3,(H,21,22)/t16-,17?/m0/s1. The molecule has 2 aromatic rings. The molecule has 23 heavy (non-hydrogen) atoms. The second kappa shape index (κ2) is 8.67. The third kappa shape index (κ3) is 5.36. The number of nitrogens with two attached hydrogens (primary N) is 1. The quantitative estimate of drug-likeness (QED) is 0.819. The third-order valence-electron chi connectivity index (χ3n) is 3.60. The smallest absolute Gasteiger partial charge is 0.237 e. The summed E-state index contributed by atoms with van der Waals surface area (Å²) in [6.07, 6.45) is 0.239. The highest BCUT2D eigenvalue weighted by Gasteiger charge is 2.17. The van der Waals surface area contributed by atoms with Gasteiger partial charge in [0, 0.05) is 18.7 Å². The first-order chi connectivity index (χ1) is 11.1. The average molecular weight is 333 g/mol.